The molecule has 0 saturated carbocycles. The predicted molar refractivity (Wildman–Crippen MR) is 73.5 cm³/mol. The summed E-state index contributed by atoms with van der Waals surface area (Å²) in [5, 5.41) is 13.5. The van der Waals surface area contributed by atoms with Crippen molar-refractivity contribution < 1.29 is 4.74 Å². The summed E-state index contributed by atoms with van der Waals surface area (Å²) in [6, 6.07) is 0. The van der Waals surface area contributed by atoms with Gasteiger partial charge in [-0.2, -0.15) is 5.10 Å². The minimum absolute atomic E-state index is 0.450. The fraction of sp³-hybridized carbons (Fsp3) is 0.583. The zero-order chi connectivity index (χ0) is 12.9. The molecule has 0 radical (unpaired) electrons. The molecule has 0 bridgehead atoms. The Morgan fingerprint density at radius 3 is 3.11 bits per heavy atom. The first kappa shape index (κ1) is 12.6. The van der Waals surface area contributed by atoms with Crippen LogP contribution >= 0.6 is 11.3 Å². The van der Waals surface area contributed by atoms with Crippen LogP contribution < -0.4 is 5.32 Å². The van der Waals surface area contributed by atoms with Gasteiger partial charge in [-0.3, -0.25) is 5.10 Å². The average molecular weight is 279 g/mol. The van der Waals surface area contributed by atoms with Gasteiger partial charge in [0.15, 0.2) is 11.0 Å². The van der Waals surface area contributed by atoms with Crippen molar-refractivity contribution in [2.45, 2.75) is 25.2 Å². The summed E-state index contributed by atoms with van der Waals surface area (Å²) in [6.45, 7) is 2.45. The van der Waals surface area contributed by atoms with Crippen LogP contribution in [0.2, 0.25) is 0 Å². The van der Waals surface area contributed by atoms with Crippen molar-refractivity contribution in [3.05, 3.63) is 23.2 Å². The van der Waals surface area contributed by atoms with Crippen LogP contribution in [0.15, 0.2) is 11.6 Å². The molecule has 0 aliphatic carbocycles. The number of hydrogen-bond acceptors (Lipinski definition) is 6. The summed E-state index contributed by atoms with van der Waals surface area (Å²) in [4.78, 5) is 8.75. The highest BCUT2D eigenvalue weighted by molar-refractivity contribution is 7.13. The first-order valence-corrected chi connectivity index (χ1v) is 7.42. The quantitative estimate of drug-likeness (QED) is 0.873. The molecule has 2 N–H and O–H groups in total. The molecule has 1 aliphatic rings. The average Bonchev–Trinajstić information content (AvgIpc) is 3.11. The molecule has 3 rings (SSSR count). The van der Waals surface area contributed by atoms with Crippen LogP contribution in [0.25, 0.3) is 0 Å². The van der Waals surface area contributed by atoms with E-state index in [1.165, 1.54) is 0 Å². The molecule has 7 heteroatoms. The summed E-state index contributed by atoms with van der Waals surface area (Å²) in [5.41, 5.74) is 0. The van der Waals surface area contributed by atoms with Crippen LogP contribution in [0.5, 0.6) is 0 Å². The Morgan fingerprint density at radius 1 is 1.42 bits per heavy atom. The van der Waals surface area contributed by atoms with Gasteiger partial charge in [0.05, 0.1) is 0 Å². The Hall–Kier alpha value is -1.47. The highest BCUT2D eigenvalue weighted by atomic mass is 32.1. The molecule has 0 amide bonds. The van der Waals surface area contributed by atoms with E-state index in [0.29, 0.717) is 5.92 Å². The van der Waals surface area contributed by atoms with Crippen molar-refractivity contribution in [2.75, 3.05) is 25.1 Å². The number of nitrogens with zero attached hydrogens (tertiary/aromatic N) is 3. The van der Waals surface area contributed by atoms with Crippen LogP contribution in [0, 0.1) is 0 Å². The number of nitrogens with one attached hydrogen (secondary N) is 2. The summed E-state index contributed by atoms with van der Waals surface area (Å²) in [6.07, 6.45) is 4.67. The van der Waals surface area contributed by atoms with E-state index in [1.807, 2.05) is 5.38 Å². The summed E-state index contributed by atoms with van der Waals surface area (Å²) in [7, 11) is 0. The number of anilines is 1. The monoisotopic (exact) mass is 279 g/mol. The molecule has 102 valence electrons. The number of rotatable bonds is 5. The lowest BCUT2D eigenvalue weighted by molar-refractivity contribution is 0.0836. The second-order valence-corrected chi connectivity index (χ2v) is 5.44. The molecule has 2 aromatic rings. The second-order valence-electron chi connectivity index (χ2n) is 4.54. The first-order valence-electron chi connectivity index (χ1n) is 6.54. The smallest absolute Gasteiger partial charge is 0.182 e. The zero-order valence-corrected chi connectivity index (χ0v) is 11.4. The first-order chi connectivity index (χ1) is 9.42. The third-order valence-electron chi connectivity index (χ3n) is 3.21. The summed E-state index contributed by atoms with van der Waals surface area (Å²) in [5.74, 6) is 2.32. The van der Waals surface area contributed by atoms with Gasteiger partial charge in [0.1, 0.15) is 5.82 Å². The van der Waals surface area contributed by atoms with E-state index in [9.17, 15) is 0 Å². The van der Waals surface area contributed by atoms with E-state index in [1.54, 1.807) is 17.5 Å². The van der Waals surface area contributed by atoms with E-state index in [-0.39, 0.29) is 0 Å². The van der Waals surface area contributed by atoms with Crippen molar-refractivity contribution in [1.82, 2.24) is 20.2 Å². The fourth-order valence-corrected chi connectivity index (χ4v) is 2.72. The molecule has 19 heavy (non-hydrogen) atoms. The van der Waals surface area contributed by atoms with Gasteiger partial charge in [0, 0.05) is 43.7 Å². The largest absolute Gasteiger partial charge is 0.381 e. The second kappa shape index (κ2) is 6.12. The highest BCUT2D eigenvalue weighted by Gasteiger charge is 2.19. The number of hydrogen-bond donors (Lipinski definition) is 2. The maximum Gasteiger partial charge on any atom is 0.182 e. The highest BCUT2D eigenvalue weighted by Crippen LogP contribution is 2.23. The lowest BCUT2D eigenvalue weighted by Crippen LogP contribution is -2.15. The van der Waals surface area contributed by atoms with Gasteiger partial charge in [0.25, 0.3) is 0 Å². The number of aromatic amines is 1. The number of thiazole rings is 1. The van der Waals surface area contributed by atoms with Crippen molar-refractivity contribution >= 4 is 16.5 Å². The number of ether oxygens (including phenoxy) is 1. The van der Waals surface area contributed by atoms with Gasteiger partial charge in [-0.05, 0) is 12.8 Å². The minimum Gasteiger partial charge on any atom is -0.381 e. The van der Waals surface area contributed by atoms with Crippen LogP contribution in [-0.4, -0.2) is 39.9 Å². The maximum absolute atomic E-state index is 5.35. The van der Waals surface area contributed by atoms with Gasteiger partial charge in [-0.25, -0.2) is 9.97 Å². The standard InChI is InChI=1S/C12H17N5OS/c1(4-13-12-14-5-8-19-12)10-15-11(17-16-10)9-2-6-18-7-3-9/h5,8-9H,1-4,6-7H2,(H,13,14)(H,15,16,17). The van der Waals surface area contributed by atoms with Crippen LogP contribution in [0.4, 0.5) is 5.13 Å². The van der Waals surface area contributed by atoms with Gasteiger partial charge < -0.3 is 10.1 Å². The topological polar surface area (TPSA) is 75.7 Å². The Labute approximate surface area is 115 Å². The molecule has 1 aliphatic heterocycles. The molecule has 0 unspecified atom stereocenters. The lowest BCUT2D eigenvalue weighted by Gasteiger charge is -2.18. The molecule has 1 saturated heterocycles. The van der Waals surface area contributed by atoms with Crippen LogP contribution in [0.3, 0.4) is 0 Å². The summed E-state index contributed by atoms with van der Waals surface area (Å²) < 4.78 is 5.35. The maximum atomic E-state index is 5.35. The lowest BCUT2D eigenvalue weighted by atomic mass is 10.00. The predicted octanol–water partition coefficient (Wildman–Crippen LogP) is 1.81. The van der Waals surface area contributed by atoms with Crippen molar-refractivity contribution in [2.24, 2.45) is 0 Å². The Kier molecular flexibility index (Phi) is 4.04. The number of H-pyrrole nitrogens is 1. The molecular formula is C12H17N5OS. The van der Waals surface area contributed by atoms with Crippen LogP contribution in [0.1, 0.15) is 30.4 Å². The van der Waals surface area contributed by atoms with E-state index in [2.05, 4.69) is 25.5 Å². The molecule has 2 aromatic heterocycles. The molecule has 0 atom stereocenters. The Balaban J connectivity index is 1.50. The van der Waals surface area contributed by atoms with Crippen molar-refractivity contribution in [3.63, 3.8) is 0 Å². The third-order valence-corrected chi connectivity index (χ3v) is 3.94. The molecule has 3 heterocycles. The minimum atomic E-state index is 0.450. The molecule has 0 spiro atoms. The Bertz CT molecular complexity index is 492. The number of aromatic nitrogens is 4. The van der Waals surface area contributed by atoms with E-state index < -0.39 is 0 Å². The molecule has 6 nitrogen and oxygen atoms in total. The van der Waals surface area contributed by atoms with Gasteiger partial charge in [0.2, 0.25) is 0 Å². The summed E-state index contributed by atoms with van der Waals surface area (Å²) >= 11 is 1.60. The van der Waals surface area contributed by atoms with E-state index in [0.717, 1.165) is 55.8 Å². The van der Waals surface area contributed by atoms with Gasteiger partial charge in [-0.1, -0.05) is 0 Å². The van der Waals surface area contributed by atoms with Gasteiger partial charge in [-0.15, -0.1) is 11.3 Å². The van der Waals surface area contributed by atoms with E-state index in [4.69, 9.17) is 4.74 Å². The molecule has 0 aromatic carbocycles. The molecule has 1 fully saturated rings. The zero-order valence-electron chi connectivity index (χ0n) is 10.6. The van der Waals surface area contributed by atoms with Crippen LogP contribution in [-0.2, 0) is 11.2 Å². The third kappa shape index (κ3) is 3.30. The Morgan fingerprint density at radius 2 is 2.32 bits per heavy atom. The normalized spacial score (nSPS) is 16.6. The fourth-order valence-electron chi connectivity index (χ4n) is 2.16. The SMILES string of the molecule is c1csc(NCCc2nc(C3CCOCC3)n[nH]2)n1. The van der Waals surface area contributed by atoms with Crippen molar-refractivity contribution in [3.8, 4) is 0 Å². The van der Waals surface area contributed by atoms with Crippen molar-refractivity contribution in [1.29, 1.82) is 0 Å². The van der Waals surface area contributed by atoms with E-state index >= 15 is 0 Å². The molecular weight excluding hydrogens is 262 g/mol. The van der Waals surface area contributed by atoms with Gasteiger partial charge >= 0.3 is 0 Å².